The Bertz CT molecular complexity index is 610. The number of likely N-dealkylation sites (N-methyl/N-ethyl adjacent to an activating group) is 1. The van der Waals surface area contributed by atoms with Crippen molar-refractivity contribution in [2.45, 2.75) is 19.4 Å². The molecule has 0 fully saturated rings. The van der Waals surface area contributed by atoms with E-state index in [0.717, 1.165) is 17.9 Å². The lowest BCUT2D eigenvalue weighted by atomic mass is 9.96. The summed E-state index contributed by atoms with van der Waals surface area (Å²) in [5.41, 5.74) is 3.91. The molecule has 2 aromatic carbocycles. The molecule has 1 unspecified atom stereocenters. The Hall–Kier alpha value is -2.00. The van der Waals surface area contributed by atoms with Crippen LogP contribution in [-0.2, 0) is 6.42 Å². The first-order valence-corrected chi connectivity index (χ1v) is 6.89. The Morgan fingerprint density at radius 1 is 1.10 bits per heavy atom. The third kappa shape index (κ3) is 2.49. The van der Waals surface area contributed by atoms with Crippen LogP contribution in [0.4, 0.5) is 0 Å². The van der Waals surface area contributed by atoms with Gasteiger partial charge in [0, 0.05) is 6.04 Å². The fourth-order valence-corrected chi connectivity index (χ4v) is 2.58. The highest BCUT2D eigenvalue weighted by Gasteiger charge is 2.17. The average molecular weight is 269 g/mol. The zero-order valence-electron chi connectivity index (χ0n) is 11.8. The lowest BCUT2D eigenvalue weighted by Crippen LogP contribution is -2.19. The molecule has 1 heterocycles. The predicted molar refractivity (Wildman–Crippen MR) is 79.2 cm³/mol. The third-order valence-electron chi connectivity index (χ3n) is 3.83. The van der Waals surface area contributed by atoms with Gasteiger partial charge >= 0.3 is 0 Å². The van der Waals surface area contributed by atoms with E-state index in [9.17, 15) is 0 Å². The lowest BCUT2D eigenvalue weighted by molar-refractivity contribution is 0.174. The largest absolute Gasteiger partial charge is 0.454 e. The first-order valence-electron chi connectivity index (χ1n) is 6.89. The lowest BCUT2D eigenvalue weighted by Gasteiger charge is -2.18. The molecular formula is C17H19NO2. The molecular weight excluding hydrogens is 250 g/mol. The van der Waals surface area contributed by atoms with Crippen LogP contribution in [0, 0.1) is 6.92 Å². The predicted octanol–water partition coefficient (Wildman–Crippen LogP) is 3.23. The second kappa shape index (κ2) is 5.55. The minimum absolute atomic E-state index is 0.269. The van der Waals surface area contributed by atoms with Gasteiger partial charge in [-0.15, -0.1) is 0 Å². The fourth-order valence-electron chi connectivity index (χ4n) is 2.58. The molecule has 3 rings (SSSR count). The summed E-state index contributed by atoms with van der Waals surface area (Å²) >= 11 is 0. The van der Waals surface area contributed by atoms with Gasteiger partial charge in [-0.05, 0) is 49.2 Å². The van der Waals surface area contributed by atoms with E-state index in [0.29, 0.717) is 6.79 Å². The zero-order valence-corrected chi connectivity index (χ0v) is 11.8. The van der Waals surface area contributed by atoms with Crippen molar-refractivity contribution in [3.8, 4) is 11.5 Å². The molecule has 0 spiro atoms. The van der Waals surface area contributed by atoms with Crippen molar-refractivity contribution in [3.05, 3.63) is 59.2 Å². The second-order valence-electron chi connectivity index (χ2n) is 5.08. The van der Waals surface area contributed by atoms with Crippen LogP contribution >= 0.6 is 0 Å². The Kier molecular flexibility index (Phi) is 3.61. The van der Waals surface area contributed by atoms with Crippen LogP contribution in [0.2, 0.25) is 0 Å². The molecule has 3 heteroatoms. The molecule has 0 aliphatic carbocycles. The van der Waals surface area contributed by atoms with Crippen molar-refractivity contribution in [2.24, 2.45) is 0 Å². The number of hydrogen-bond donors (Lipinski definition) is 1. The fraction of sp³-hybridized carbons (Fsp3) is 0.294. The van der Waals surface area contributed by atoms with E-state index in [-0.39, 0.29) is 6.04 Å². The van der Waals surface area contributed by atoms with Crippen LogP contribution in [0.3, 0.4) is 0 Å². The second-order valence-corrected chi connectivity index (χ2v) is 5.08. The van der Waals surface area contributed by atoms with Gasteiger partial charge in [0.25, 0.3) is 0 Å². The van der Waals surface area contributed by atoms with Crippen molar-refractivity contribution in [1.82, 2.24) is 5.32 Å². The van der Waals surface area contributed by atoms with Crippen molar-refractivity contribution >= 4 is 0 Å². The Labute approximate surface area is 119 Å². The Morgan fingerprint density at radius 2 is 1.90 bits per heavy atom. The summed E-state index contributed by atoms with van der Waals surface area (Å²) in [6, 6.07) is 14.9. The molecule has 2 aromatic rings. The SMILES string of the molecule is CNC(Cc1ccccc1C)c1ccc2c(c1)OCO2. The summed E-state index contributed by atoms with van der Waals surface area (Å²) < 4.78 is 10.8. The number of hydrogen-bond acceptors (Lipinski definition) is 3. The summed E-state index contributed by atoms with van der Waals surface area (Å²) in [6.07, 6.45) is 0.961. The van der Waals surface area contributed by atoms with E-state index in [1.165, 1.54) is 16.7 Å². The maximum Gasteiger partial charge on any atom is 0.231 e. The molecule has 1 N–H and O–H groups in total. The summed E-state index contributed by atoms with van der Waals surface area (Å²) in [5, 5.41) is 3.39. The first kappa shape index (κ1) is 13.0. The number of nitrogens with one attached hydrogen (secondary N) is 1. The third-order valence-corrected chi connectivity index (χ3v) is 3.83. The molecule has 0 aromatic heterocycles. The van der Waals surface area contributed by atoms with E-state index in [1.807, 2.05) is 13.1 Å². The highest BCUT2D eigenvalue weighted by atomic mass is 16.7. The van der Waals surface area contributed by atoms with Crippen molar-refractivity contribution in [1.29, 1.82) is 0 Å². The van der Waals surface area contributed by atoms with Crippen LogP contribution in [-0.4, -0.2) is 13.8 Å². The molecule has 0 bridgehead atoms. The monoisotopic (exact) mass is 269 g/mol. The molecule has 20 heavy (non-hydrogen) atoms. The van der Waals surface area contributed by atoms with Crippen LogP contribution in [0.15, 0.2) is 42.5 Å². The summed E-state index contributed by atoms with van der Waals surface area (Å²) in [5.74, 6) is 1.67. The minimum Gasteiger partial charge on any atom is -0.454 e. The van der Waals surface area contributed by atoms with E-state index in [4.69, 9.17) is 9.47 Å². The number of aryl methyl sites for hydroxylation is 1. The van der Waals surface area contributed by atoms with Crippen LogP contribution in [0.1, 0.15) is 22.7 Å². The molecule has 0 saturated heterocycles. The number of rotatable bonds is 4. The van der Waals surface area contributed by atoms with E-state index in [2.05, 4.69) is 48.6 Å². The minimum atomic E-state index is 0.269. The Morgan fingerprint density at radius 3 is 2.70 bits per heavy atom. The van der Waals surface area contributed by atoms with Gasteiger partial charge in [-0.1, -0.05) is 30.3 Å². The molecule has 1 aliphatic heterocycles. The summed E-state index contributed by atoms with van der Waals surface area (Å²) in [7, 11) is 1.99. The molecule has 0 saturated carbocycles. The highest BCUT2D eigenvalue weighted by molar-refractivity contribution is 5.45. The standard InChI is InChI=1S/C17H19NO2/c1-12-5-3-4-6-13(12)9-15(18-2)14-7-8-16-17(10-14)20-11-19-16/h3-8,10,15,18H,9,11H2,1-2H3. The molecule has 1 aliphatic rings. The average Bonchev–Trinajstić information content (AvgIpc) is 2.94. The van der Waals surface area contributed by atoms with Gasteiger partial charge < -0.3 is 14.8 Å². The maximum atomic E-state index is 5.46. The highest BCUT2D eigenvalue weighted by Crippen LogP contribution is 2.34. The molecule has 1 atom stereocenters. The van der Waals surface area contributed by atoms with Crippen molar-refractivity contribution in [2.75, 3.05) is 13.8 Å². The van der Waals surface area contributed by atoms with Crippen LogP contribution in [0.5, 0.6) is 11.5 Å². The normalized spacial score (nSPS) is 14.3. The number of fused-ring (bicyclic) bond motifs is 1. The maximum absolute atomic E-state index is 5.46. The molecule has 104 valence electrons. The molecule has 0 radical (unpaired) electrons. The van der Waals surface area contributed by atoms with E-state index < -0.39 is 0 Å². The molecule has 3 nitrogen and oxygen atoms in total. The van der Waals surface area contributed by atoms with Crippen molar-refractivity contribution < 1.29 is 9.47 Å². The smallest absolute Gasteiger partial charge is 0.231 e. The summed E-state index contributed by atoms with van der Waals surface area (Å²) in [4.78, 5) is 0. The van der Waals surface area contributed by atoms with Gasteiger partial charge in [0.1, 0.15) is 0 Å². The van der Waals surface area contributed by atoms with Gasteiger partial charge in [-0.2, -0.15) is 0 Å². The Balaban J connectivity index is 1.85. The van der Waals surface area contributed by atoms with Gasteiger partial charge in [0.2, 0.25) is 6.79 Å². The van der Waals surface area contributed by atoms with Crippen LogP contribution < -0.4 is 14.8 Å². The van der Waals surface area contributed by atoms with Crippen LogP contribution in [0.25, 0.3) is 0 Å². The van der Waals surface area contributed by atoms with Crippen molar-refractivity contribution in [3.63, 3.8) is 0 Å². The topological polar surface area (TPSA) is 30.5 Å². The summed E-state index contributed by atoms with van der Waals surface area (Å²) in [6.45, 7) is 2.47. The zero-order chi connectivity index (χ0) is 13.9. The van der Waals surface area contributed by atoms with Gasteiger partial charge in [0.05, 0.1) is 0 Å². The van der Waals surface area contributed by atoms with E-state index in [1.54, 1.807) is 0 Å². The van der Waals surface area contributed by atoms with Gasteiger partial charge in [-0.25, -0.2) is 0 Å². The quantitative estimate of drug-likeness (QED) is 0.924. The van der Waals surface area contributed by atoms with Gasteiger partial charge in [-0.3, -0.25) is 0 Å². The first-order chi connectivity index (χ1) is 9.78. The number of benzene rings is 2. The van der Waals surface area contributed by atoms with E-state index >= 15 is 0 Å². The molecule has 0 amide bonds. The van der Waals surface area contributed by atoms with Gasteiger partial charge in [0.15, 0.2) is 11.5 Å². The number of ether oxygens (including phenoxy) is 2.